The molecule has 2 heterocycles. The second kappa shape index (κ2) is 4.57. The van der Waals surface area contributed by atoms with Gasteiger partial charge >= 0.3 is 0 Å². The summed E-state index contributed by atoms with van der Waals surface area (Å²) in [4.78, 5) is 9.76. The molecule has 0 spiro atoms. The minimum atomic E-state index is -0.409. The highest BCUT2D eigenvalue weighted by Crippen LogP contribution is 2.32. The molecule has 2 aromatic heterocycles. The lowest BCUT2D eigenvalue weighted by molar-refractivity contribution is 0.590. The van der Waals surface area contributed by atoms with Crippen LogP contribution >= 0.6 is 11.3 Å². The molecule has 5 heteroatoms. The van der Waals surface area contributed by atoms with Crippen molar-refractivity contribution >= 4 is 16.3 Å². The molecule has 0 atom stereocenters. The van der Waals surface area contributed by atoms with Crippen LogP contribution in [0.5, 0.6) is 0 Å². The molecule has 0 aliphatic rings. The van der Waals surface area contributed by atoms with Crippen molar-refractivity contribution in [1.82, 2.24) is 9.97 Å². The summed E-state index contributed by atoms with van der Waals surface area (Å²) in [6, 6.07) is 3.69. The smallest absolute Gasteiger partial charge is 0.248 e. The van der Waals surface area contributed by atoms with Gasteiger partial charge in [-0.15, -0.1) is 0 Å². The van der Waals surface area contributed by atoms with Gasteiger partial charge in [-0.2, -0.15) is 4.39 Å². The maximum absolute atomic E-state index is 13.6. The molecule has 0 aliphatic heterocycles. The van der Waals surface area contributed by atoms with Crippen LogP contribution in [0.25, 0.3) is 10.6 Å². The summed E-state index contributed by atoms with van der Waals surface area (Å²) in [7, 11) is 1.85. The molecule has 84 valence electrons. The van der Waals surface area contributed by atoms with Crippen molar-refractivity contribution < 1.29 is 4.39 Å². The van der Waals surface area contributed by atoms with Crippen LogP contribution in [0, 0.1) is 5.95 Å². The van der Waals surface area contributed by atoms with Crippen LogP contribution in [0.4, 0.5) is 9.39 Å². The maximum Gasteiger partial charge on any atom is 0.248 e. The second-order valence-corrected chi connectivity index (χ2v) is 4.35. The van der Waals surface area contributed by atoms with Crippen molar-refractivity contribution in [3.05, 3.63) is 30.5 Å². The van der Waals surface area contributed by atoms with Gasteiger partial charge in [0.1, 0.15) is 10.0 Å². The molecule has 0 N–H and O–H groups in total. The van der Waals surface area contributed by atoms with Crippen LogP contribution in [-0.4, -0.2) is 23.6 Å². The fourth-order valence-corrected chi connectivity index (χ4v) is 2.25. The average Bonchev–Trinajstić information content (AvgIpc) is 2.71. The van der Waals surface area contributed by atoms with E-state index < -0.39 is 5.95 Å². The van der Waals surface area contributed by atoms with Crippen molar-refractivity contribution in [2.45, 2.75) is 6.92 Å². The third-order valence-corrected chi connectivity index (χ3v) is 3.49. The fourth-order valence-electron chi connectivity index (χ4n) is 1.29. The monoisotopic (exact) mass is 237 g/mol. The second-order valence-electron chi connectivity index (χ2n) is 3.37. The van der Waals surface area contributed by atoms with Gasteiger partial charge in [0.05, 0.1) is 0 Å². The van der Waals surface area contributed by atoms with E-state index in [1.807, 2.05) is 31.0 Å². The summed E-state index contributed by atoms with van der Waals surface area (Å²) in [5.74, 6) is -0.409. The number of hydrogen-bond acceptors (Lipinski definition) is 4. The van der Waals surface area contributed by atoms with Crippen LogP contribution in [0.15, 0.2) is 24.5 Å². The highest BCUT2D eigenvalue weighted by Gasteiger charge is 2.14. The molecule has 0 saturated heterocycles. The molecule has 2 rings (SSSR count). The zero-order chi connectivity index (χ0) is 11.5. The number of thiazole rings is 1. The number of pyridine rings is 1. The first-order chi connectivity index (χ1) is 7.72. The van der Waals surface area contributed by atoms with Gasteiger partial charge in [0, 0.05) is 31.5 Å². The molecule has 0 aromatic carbocycles. The summed E-state index contributed by atoms with van der Waals surface area (Å²) >= 11 is 1.35. The van der Waals surface area contributed by atoms with Crippen LogP contribution in [0.2, 0.25) is 0 Å². The minimum Gasteiger partial charge on any atom is -0.363 e. The summed E-state index contributed by atoms with van der Waals surface area (Å²) in [5, 5.41) is 1.24. The van der Waals surface area contributed by atoms with Gasteiger partial charge in [-0.25, -0.2) is 4.98 Å². The predicted octanol–water partition coefficient (Wildman–Crippen LogP) is 2.80. The number of aromatic nitrogens is 2. The summed E-state index contributed by atoms with van der Waals surface area (Å²) in [5.41, 5.74) is 0.849. The molecule has 0 bridgehead atoms. The highest BCUT2D eigenvalue weighted by molar-refractivity contribution is 7.18. The molecule has 0 aliphatic carbocycles. The first-order valence-corrected chi connectivity index (χ1v) is 5.82. The van der Waals surface area contributed by atoms with Crippen molar-refractivity contribution in [3.8, 4) is 10.6 Å². The van der Waals surface area contributed by atoms with Gasteiger partial charge in [0.15, 0.2) is 0 Å². The Hall–Kier alpha value is -1.49. The molecule has 0 unspecified atom stereocenters. The standard InChI is InChI=1S/C11H12FN3S/c1-3-15(2)11-9(12)14-10(16-11)8-5-4-6-13-7-8/h4-7H,3H2,1-2H3. The van der Waals surface area contributed by atoms with Crippen molar-refractivity contribution in [2.24, 2.45) is 0 Å². The molecule has 0 radical (unpaired) electrons. The van der Waals surface area contributed by atoms with E-state index in [2.05, 4.69) is 9.97 Å². The topological polar surface area (TPSA) is 29.0 Å². The largest absolute Gasteiger partial charge is 0.363 e. The van der Waals surface area contributed by atoms with Gasteiger partial charge in [-0.05, 0) is 19.1 Å². The molecule has 0 amide bonds. The molecular weight excluding hydrogens is 225 g/mol. The van der Waals surface area contributed by atoms with Crippen molar-refractivity contribution in [2.75, 3.05) is 18.5 Å². The third kappa shape index (κ3) is 2.04. The average molecular weight is 237 g/mol. The molecular formula is C11H12FN3S. The Labute approximate surface area is 97.6 Å². The zero-order valence-corrected chi connectivity index (χ0v) is 9.96. The van der Waals surface area contributed by atoms with Gasteiger partial charge < -0.3 is 4.90 Å². The molecule has 2 aromatic rings. The van der Waals surface area contributed by atoms with E-state index >= 15 is 0 Å². The number of hydrogen-bond donors (Lipinski definition) is 0. The molecule has 16 heavy (non-hydrogen) atoms. The Morgan fingerprint density at radius 1 is 1.50 bits per heavy atom. The minimum absolute atomic E-state index is 0.409. The predicted molar refractivity (Wildman–Crippen MR) is 64.2 cm³/mol. The number of halogens is 1. The van der Waals surface area contributed by atoms with Gasteiger partial charge in [-0.1, -0.05) is 11.3 Å². The molecule has 0 saturated carbocycles. The van der Waals surface area contributed by atoms with Crippen LogP contribution < -0.4 is 4.90 Å². The Kier molecular flexibility index (Phi) is 3.14. The van der Waals surface area contributed by atoms with Crippen molar-refractivity contribution in [1.29, 1.82) is 0 Å². The van der Waals surface area contributed by atoms with Crippen LogP contribution in [0.3, 0.4) is 0 Å². The molecule has 0 fully saturated rings. The summed E-state index contributed by atoms with van der Waals surface area (Å²) in [6.45, 7) is 2.73. The van der Waals surface area contributed by atoms with Crippen molar-refractivity contribution in [3.63, 3.8) is 0 Å². The van der Waals surface area contributed by atoms with E-state index in [0.717, 1.165) is 12.1 Å². The third-order valence-electron chi connectivity index (χ3n) is 2.30. The van der Waals surface area contributed by atoms with Crippen LogP contribution in [-0.2, 0) is 0 Å². The number of anilines is 1. The van der Waals surface area contributed by atoms with Gasteiger partial charge in [0.2, 0.25) is 5.95 Å². The lowest BCUT2D eigenvalue weighted by atomic mass is 10.3. The number of rotatable bonds is 3. The molecule has 3 nitrogen and oxygen atoms in total. The lowest BCUT2D eigenvalue weighted by Gasteiger charge is -2.12. The first-order valence-electron chi connectivity index (χ1n) is 5.00. The summed E-state index contributed by atoms with van der Waals surface area (Å²) < 4.78 is 13.6. The zero-order valence-electron chi connectivity index (χ0n) is 9.14. The van der Waals surface area contributed by atoms with Gasteiger partial charge in [-0.3, -0.25) is 4.98 Å². The SMILES string of the molecule is CCN(C)c1sc(-c2cccnc2)nc1F. The maximum atomic E-state index is 13.6. The van der Waals surface area contributed by atoms with E-state index in [9.17, 15) is 4.39 Å². The summed E-state index contributed by atoms with van der Waals surface area (Å²) in [6.07, 6.45) is 3.38. The quantitative estimate of drug-likeness (QED) is 0.822. The normalized spacial score (nSPS) is 10.4. The Morgan fingerprint density at radius 3 is 2.94 bits per heavy atom. The van der Waals surface area contributed by atoms with E-state index in [4.69, 9.17) is 0 Å². The van der Waals surface area contributed by atoms with E-state index in [1.165, 1.54) is 11.3 Å². The van der Waals surface area contributed by atoms with Crippen LogP contribution in [0.1, 0.15) is 6.92 Å². The Balaban J connectivity index is 2.38. The fraction of sp³-hybridized carbons (Fsp3) is 0.273. The lowest BCUT2D eigenvalue weighted by Crippen LogP contribution is -2.15. The Morgan fingerprint density at radius 2 is 2.31 bits per heavy atom. The number of nitrogens with zero attached hydrogens (tertiary/aromatic N) is 3. The van der Waals surface area contributed by atoms with E-state index in [-0.39, 0.29) is 0 Å². The van der Waals surface area contributed by atoms with E-state index in [1.54, 1.807) is 12.4 Å². The highest BCUT2D eigenvalue weighted by atomic mass is 32.1. The van der Waals surface area contributed by atoms with Gasteiger partial charge in [0.25, 0.3) is 0 Å². The first kappa shape index (κ1) is 11.0. The van der Waals surface area contributed by atoms with E-state index in [0.29, 0.717) is 10.0 Å². The Bertz CT molecular complexity index is 469.